The van der Waals surface area contributed by atoms with Crippen LogP contribution in [0.1, 0.15) is 103 Å². The van der Waals surface area contributed by atoms with E-state index in [1.54, 1.807) is 6.26 Å². The summed E-state index contributed by atoms with van der Waals surface area (Å²) in [6.45, 7) is 1.11. The third kappa shape index (κ3) is 31.8. The number of hydrogen-bond acceptors (Lipinski definition) is 17. The molecule has 0 rings (SSSR count). The fraction of sp³-hybridized carbons (Fsp3) is 0.659. The van der Waals surface area contributed by atoms with Crippen LogP contribution < -0.4 is 82.7 Å². The molecule has 10 amide bonds. The van der Waals surface area contributed by atoms with Crippen molar-refractivity contribution in [2.24, 2.45) is 50.1 Å². The number of thioether (sulfide) groups is 1. The molecule has 78 heavy (non-hydrogen) atoms. The summed E-state index contributed by atoms with van der Waals surface area (Å²) in [4.78, 5) is 175. The lowest BCUT2D eigenvalue weighted by molar-refractivity contribution is -0.140. The second-order valence-electron chi connectivity index (χ2n) is 17.5. The molecule has 0 spiro atoms. The normalized spacial score (nSPS) is 13.8. The van der Waals surface area contributed by atoms with Gasteiger partial charge in [0.15, 0.2) is 11.9 Å². The maximum absolute atomic E-state index is 14.3. The fourth-order valence-electron chi connectivity index (χ4n) is 6.99. The van der Waals surface area contributed by atoms with Gasteiger partial charge in [-0.05, 0) is 89.2 Å². The van der Waals surface area contributed by atoms with Gasteiger partial charge in [-0.15, -0.1) is 0 Å². The zero-order chi connectivity index (χ0) is 59.5. The molecule has 0 unspecified atom stereocenters. The molecule has 0 saturated heterocycles. The highest BCUT2D eigenvalue weighted by Crippen LogP contribution is 2.11. The van der Waals surface area contributed by atoms with Gasteiger partial charge in [0.25, 0.3) is 0 Å². The van der Waals surface area contributed by atoms with Gasteiger partial charge in [-0.3, -0.25) is 72.3 Å². The standard InChI is InChI=1S/C44H77N17O16S/c1-22(62)54-26(11-14-32(64)65)39(74)59-28(12-15-33(66)67)41(76)60-29(16-20-78-2)42(77)58-27(10-13-31(46)63)40(75)57-25(9-6-19-53-44(50)51)37(72)56-24(8-5-18-52-43(48)49)36(71)55-23(7-3-4-17-45)38(73)61-30(35(47)70)21-34(68)69/h23-30H,3-21,45H2,1-2H3,(H2,46,63)(H2,47,70)(H,54,62)(H,55,71)(H,56,72)(H,57,75)(H,58,77)(H,59,74)(H,60,76)(H,61,73)(H,64,65)(H,66,67)(H,68,69)(H4,48,49,52)(H4,50,51,53)/t23-,24-,25-,26-,27-,28-,29-,30-/m0/s1. The Hall–Kier alpha value is -8.04. The predicted molar refractivity (Wildman–Crippen MR) is 280 cm³/mol. The first-order valence-corrected chi connectivity index (χ1v) is 25.9. The minimum atomic E-state index is -1.68. The van der Waals surface area contributed by atoms with Crippen molar-refractivity contribution in [2.75, 3.05) is 31.6 Å². The van der Waals surface area contributed by atoms with Gasteiger partial charge in [0.2, 0.25) is 59.1 Å². The van der Waals surface area contributed by atoms with E-state index in [0.717, 1.165) is 6.92 Å². The molecule has 33 nitrogen and oxygen atoms in total. The second-order valence-corrected chi connectivity index (χ2v) is 18.5. The van der Waals surface area contributed by atoms with Crippen LogP contribution in [0.3, 0.4) is 0 Å². The minimum absolute atomic E-state index is 0.00415. The first-order chi connectivity index (χ1) is 36.6. The number of nitrogens with two attached hydrogens (primary N) is 7. The van der Waals surface area contributed by atoms with Crippen LogP contribution in [0.15, 0.2) is 9.98 Å². The molecule has 25 N–H and O–H groups in total. The molecule has 0 bridgehead atoms. The van der Waals surface area contributed by atoms with Crippen LogP contribution in [-0.2, 0) is 62.3 Å². The maximum atomic E-state index is 14.3. The monoisotopic (exact) mass is 1130 g/mol. The number of carbonyl (C=O) groups is 13. The van der Waals surface area contributed by atoms with Crippen LogP contribution in [0.5, 0.6) is 0 Å². The fourth-order valence-corrected chi connectivity index (χ4v) is 7.46. The summed E-state index contributed by atoms with van der Waals surface area (Å²) in [6, 6.07) is -12.5. The average Bonchev–Trinajstić information content (AvgIpc) is 3.34. The molecule has 0 aromatic carbocycles. The number of rotatable bonds is 42. The van der Waals surface area contributed by atoms with E-state index in [2.05, 4.69) is 52.5 Å². The highest BCUT2D eigenvalue weighted by atomic mass is 32.2. The molecule has 0 radical (unpaired) electrons. The number of carboxylic acids is 3. The first-order valence-electron chi connectivity index (χ1n) is 24.5. The smallest absolute Gasteiger partial charge is 0.305 e. The third-order valence-electron chi connectivity index (χ3n) is 11.0. The Balaban J connectivity index is 7.13. The van der Waals surface area contributed by atoms with Crippen molar-refractivity contribution < 1.29 is 77.6 Å². The van der Waals surface area contributed by atoms with Gasteiger partial charge < -0.3 is 98.0 Å². The van der Waals surface area contributed by atoms with E-state index in [1.807, 2.05) is 0 Å². The molecule has 0 heterocycles. The Morgan fingerprint density at radius 2 is 0.744 bits per heavy atom. The van der Waals surface area contributed by atoms with E-state index in [1.165, 1.54) is 11.8 Å². The molecule has 440 valence electrons. The van der Waals surface area contributed by atoms with Crippen LogP contribution in [0.2, 0.25) is 0 Å². The van der Waals surface area contributed by atoms with E-state index in [4.69, 9.17) is 45.2 Å². The summed E-state index contributed by atoms with van der Waals surface area (Å²) in [7, 11) is 0. The van der Waals surface area contributed by atoms with Crippen LogP contribution in [-0.4, -0.2) is 184 Å². The molecular formula is C44H77N17O16S. The zero-order valence-electron chi connectivity index (χ0n) is 43.5. The number of guanidine groups is 2. The molecule has 0 saturated carbocycles. The van der Waals surface area contributed by atoms with Crippen molar-refractivity contribution >= 4 is 101 Å². The van der Waals surface area contributed by atoms with Gasteiger partial charge in [-0.25, -0.2) is 0 Å². The van der Waals surface area contributed by atoms with Crippen molar-refractivity contribution in [3.05, 3.63) is 0 Å². The Labute approximate surface area is 453 Å². The lowest BCUT2D eigenvalue weighted by Crippen LogP contribution is -2.60. The highest BCUT2D eigenvalue weighted by Gasteiger charge is 2.35. The van der Waals surface area contributed by atoms with Gasteiger partial charge in [0, 0.05) is 39.3 Å². The summed E-state index contributed by atoms with van der Waals surface area (Å²) in [5.41, 5.74) is 38.2. The van der Waals surface area contributed by atoms with Crippen molar-refractivity contribution in [1.82, 2.24) is 42.5 Å². The molecule has 34 heteroatoms. The van der Waals surface area contributed by atoms with Crippen molar-refractivity contribution in [2.45, 2.75) is 152 Å². The maximum Gasteiger partial charge on any atom is 0.305 e. The van der Waals surface area contributed by atoms with Gasteiger partial charge >= 0.3 is 17.9 Å². The van der Waals surface area contributed by atoms with E-state index in [9.17, 15) is 72.5 Å². The SMILES string of the molecule is CSCC[C@H](NC(=O)[C@H](CCC(=O)O)NC(=O)[C@H](CCC(=O)O)NC(C)=O)C(=O)N[C@@H](CCC(N)=O)C(=O)N[C@@H](CCCN=C(N)N)C(=O)N[C@@H](CCCN=C(N)N)C(=O)N[C@@H](CCCCN)C(=O)N[C@@H](CC(=O)O)C(N)=O. The molecule has 0 aliphatic heterocycles. The number of carboxylic acid groups (broad SMARTS) is 3. The molecule has 0 aliphatic carbocycles. The molecule has 0 aliphatic rings. The number of unbranched alkanes of at least 4 members (excludes halogenated alkanes) is 1. The number of aliphatic carboxylic acids is 3. The number of nitrogens with zero attached hydrogens (tertiary/aromatic N) is 2. The number of primary amides is 2. The van der Waals surface area contributed by atoms with Crippen LogP contribution in [0, 0.1) is 0 Å². The summed E-state index contributed by atoms with van der Waals surface area (Å²) in [5, 5.41) is 47.0. The molecule has 8 atom stereocenters. The second kappa shape index (κ2) is 38.5. The van der Waals surface area contributed by atoms with Crippen LogP contribution in [0.4, 0.5) is 0 Å². The number of aliphatic imine (C=N–C) groups is 2. The Bertz CT molecular complexity index is 2140. The predicted octanol–water partition coefficient (Wildman–Crippen LogP) is -7.17. The van der Waals surface area contributed by atoms with E-state index in [-0.39, 0.29) is 82.3 Å². The quantitative estimate of drug-likeness (QED) is 0.0153. The lowest BCUT2D eigenvalue weighted by Gasteiger charge is -2.28. The van der Waals surface area contributed by atoms with Crippen molar-refractivity contribution in [3.63, 3.8) is 0 Å². The lowest BCUT2D eigenvalue weighted by atomic mass is 10.0. The van der Waals surface area contributed by atoms with E-state index < -0.39 is 170 Å². The number of nitrogens with one attached hydrogen (secondary N) is 8. The summed E-state index contributed by atoms with van der Waals surface area (Å²) >= 11 is 1.23. The topological polar surface area (TPSA) is 586 Å². The molecule has 0 aromatic rings. The molecule has 0 fully saturated rings. The van der Waals surface area contributed by atoms with Crippen LogP contribution >= 0.6 is 11.8 Å². The Morgan fingerprint density at radius 3 is 1.04 bits per heavy atom. The highest BCUT2D eigenvalue weighted by molar-refractivity contribution is 7.98. The number of hydrogen-bond donors (Lipinski definition) is 18. The minimum Gasteiger partial charge on any atom is -0.481 e. The van der Waals surface area contributed by atoms with E-state index in [0.29, 0.717) is 6.42 Å². The summed E-state index contributed by atoms with van der Waals surface area (Å²) < 4.78 is 0. The average molecular weight is 1130 g/mol. The molecular weight excluding hydrogens is 1050 g/mol. The number of amides is 10. The third-order valence-corrected chi connectivity index (χ3v) is 11.6. The van der Waals surface area contributed by atoms with E-state index >= 15 is 0 Å². The van der Waals surface area contributed by atoms with Gasteiger partial charge in [-0.2, -0.15) is 11.8 Å². The van der Waals surface area contributed by atoms with Crippen LogP contribution in [0.25, 0.3) is 0 Å². The largest absolute Gasteiger partial charge is 0.481 e. The summed E-state index contributed by atoms with van der Waals surface area (Å²) in [5.74, 6) is -14.6. The molecule has 0 aromatic heterocycles. The van der Waals surface area contributed by atoms with Crippen molar-refractivity contribution in [1.29, 1.82) is 0 Å². The zero-order valence-corrected chi connectivity index (χ0v) is 44.4. The van der Waals surface area contributed by atoms with Gasteiger partial charge in [-0.1, -0.05) is 0 Å². The first kappa shape index (κ1) is 70.0. The van der Waals surface area contributed by atoms with Crippen molar-refractivity contribution in [3.8, 4) is 0 Å². The van der Waals surface area contributed by atoms with Gasteiger partial charge in [0.1, 0.15) is 48.3 Å². The Kier molecular flexibility index (Phi) is 34.5. The summed E-state index contributed by atoms with van der Waals surface area (Å²) in [6.07, 6.45) is -2.42. The number of carbonyl (C=O) groups excluding carboxylic acids is 10. The Morgan fingerprint density at radius 1 is 0.423 bits per heavy atom. The van der Waals surface area contributed by atoms with Gasteiger partial charge in [0.05, 0.1) is 6.42 Å².